The smallest absolute Gasteiger partial charge is 0.391 e. The van der Waals surface area contributed by atoms with Crippen molar-refractivity contribution in [3.05, 3.63) is 29.3 Å². The number of hydrogen-bond acceptors (Lipinski definition) is 3. The summed E-state index contributed by atoms with van der Waals surface area (Å²) in [4.78, 5) is 0. The van der Waals surface area contributed by atoms with E-state index in [1.165, 1.54) is 12.1 Å². The lowest BCUT2D eigenvalue weighted by atomic mass is 10.1. The molecule has 0 bridgehead atoms. The van der Waals surface area contributed by atoms with E-state index < -0.39 is 23.4 Å². The number of benzene rings is 1. The van der Waals surface area contributed by atoms with Gasteiger partial charge in [0.2, 0.25) is 0 Å². The van der Waals surface area contributed by atoms with Crippen LogP contribution in [0.15, 0.2) is 18.2 Å². The molecule has 0 spiro atoms. The van der Waals surface area contributed by atoms with Gasteiger partial charge in [-0.1, -0.05) is 6.92 Å². The van der Waals surface area contributed by atoms with Crippen LogP contribution in [-0.4, -0.2) is 17.8 Å². The third-order valence-electron chi connectivity index (χ3n) is 2.46. The van der Waals surface area contributed by atoms with Crippen molar-refractivity contribution in [3.63, 3.8) is 0 Å². The minimum atomic E-state index is -4.56. The van der Waals surface area contributed by atoms with E-state index >= 15 is 0 Å². The first-order valence-corrected chi connectivity index (χ1v) is 5.41. The Morgan fingerprint density at radius 2 is 2.11 bits per heavy atom. The second kappa shape index (κ2) is 5.74. The summed E-state index contributed by atoms with van der Waals surface area (Å²) in [5, 5.41) is 20.6. The zero-order valence-electron chi connectivity index (χ0n) is 9.75. The Morgan fingerprint density at radius 3 is 2.61 bits per heavy atom. The van der Waals surface area contributed by atoms with Crippen molar-refractivity contribution < 1.29 is 18.3 Å². The number of nitriles is 1. The van der Waals surface area contributed by atoms with Crippen molar-refractivity contribution in [2.45, 2.75) is 25.6 Å². The normalized spacial score (nSPS) is 12.9. The SMILES string of the molecule is CC[C@@H](O)CNc1ccc(C#N)c(C(F)(F)F)c1. The summed E-state index contributed by atoms with van der Waals surface area (Å²) in [6.45, 7) is 1.94. The summed E-state index contributed by atoms with van der Waals surface area (Å²) in [6.07, 6.45) is -4.67. The molecule has 0 radical (unpaired) electrons. The summed E-state index contributed by atoms with van der Waals surface area (Å²) in [6, 6.07) is 4.88. The van der Waals surface area contributed by atoms with Crippen LogP contribution in [0.5, 0.6) is 0 Å². The van der Waals surface area contributed by atoms with Crippen LogP contribution in [0.1, 0.15) is 24.5 Å². The van der Waals surface area contributed by atoms with E-state index in [2.05, 4.69) is 5.32 Å². The highest BCUT2D eigenvalue weighted by atomic mass is 19.4. The number of aliphatic hydroxyl groups is 1. The molecule has 1 atom stereocenters. The Kier molecular flexibility index (Phi) is 4.56. The number of halogens is 3. The van der Waals surface area contributed by atoms with Crippen LogP contribution in [0.25, 0.3) is 0 Å². The molecular weight excluding hydrogens is 245 g/mol. The van der Waals surface area contributed by atoms with Crippen molar-refractivity contribution in [3.8, 4) is 6.07 Å². The minimum absolute atomic E-state index is 0.166. The van der Waals surface area contributed by atoms with Crippen molar-refractivity contribution in [2.75, 3.05) is 11.9 Å². The molecule has 0 aliphatic rings. The van der Waals surface area contributed by atoms with Gasteiger partial charge in [0.05, 0.1) is 23.3 Å². The first-order chi connectivity index (χ1) is 8.38. The predicted octanol–water partition coefficient (Wildman–Crippen LogP) is 2.76. The van der Waals surface area contributed by atoms with E-state index in [1.54, 1.807) is 6.92 Å². The summed E-state index contributed by atoms with van der Waals surface area (Å²) in [5.74, 6) is 0. The van der Waals surface area contributed by atoms with Crippen molar-refractivity contribution in [1.29, 1.82) is 5.26 Å². The zero-order valence-corrected chi connectivity index (χ0v) is 9.75. The molecule has 0 unspecified atom stereocenters. The molecule has 1 aromatic rings. The fourth-order valence-electron chi connectivity index (χ4n) is 1.37. The third kappa shape index (κ3) is 3.64. The van der Waals surface area contributed by atoms with Crippen LogP contribution >= 0.6 is 0 Å². The van der Waals surface area contributed by atoms with Gasteiger partial charge in [-0.25, -0.2) is 0 Å². The standard InChI is InChI=1S/C12H13F3N2O/c1-2-10(18)7-17-9-4-3-8(6-16)11(5-9)12(13,14)15/h3-5,10,17-18H,2,7H2,1H3/t10-/m1/s1. The number of rotatable bonds is 4. The van der Waals surface area contributed by atoms with Crippen LogP contribution in [0.4, 0.5) is 18.9 Å². The fraction of sp³-hybridized carbons (Fsp3) is 0.417. The van der Waals surface area contributed by atoms with Gasteiger partial charge in [-0.3, -0.25) is 0 Å². The van der Waals surface area contributed by atoms with Crippen molar-refractivity contribution in [2.24, 2.45) is 0 Å². The number of nitrogens with zero attached hydrogens (tertiary/aromatic N) is 1. The lowest BCUT2D eigenvalue weighted by Crippen LogP contribution is -2.18. The van der Waals surface area contributed by atoms with Gasteiger partial charge < -0.3 is 10.4 Å². The molecular formula is C12H13F3N2O. The maximum Gasteiger partial charge on any atom is 0.417 e. The van der Waals surface area contributed by atoms with E-state index in [-0.39, 0.29) is 12.2 Å². The van der Waals surface area contributed by atoms with E-state index in [1.807, 2.05) is 0 Å². The first kappa shape index (κ1) is 14.3. The quantitative estimate of drug-likeness (QED) is 0.873. The summed E-state index contributed by atoms with van der Waals surface area (Å²) < 4.78 is 38.0. The Labute approximate surface area is 103 Å². The molecule has 0 aromatic heterocycles. The predicted molar refractivity (Wildman–Crippen MR) is 60.9 cm³/mol. The summed E-state index contributed by atoms with van der Waals surface area (Å²) in [7, 11) is 0. The molecule has 1 aromatic carbocycles. The molecule has 0 heterocycles. The number of nitrogens with one attached hydrogen (secondary N) is 1. The maximum absolute atomic E-state index is 12.7. The van der Waals surface area contributed by atoms with Crippen LogP contribution in [0.2, 0.25) is 0 Å². The maximum atomic E-state index is 12.7. The summed E-state index contributed by atoms with van der Waals surface area (Å²) >= 11 is 0. The number of anilines is 1. The van der Waals surface area contributed by atoms with Gasteiger partial charge in [0, 0.05) is 12.2 Å². The zero-order chi connectivity index (χ0) is 13.8. The molecule has 0 aliphatic heterocycles. The van der Waals surface area contributed by atoms with Gasteiger partial charge in [0.25, 0.3) is 0 Å². The highest BCUT2D eigenvalue weighted by Crippen LogP contribution is 2.33. The van der Waals surface area contributed by atoms with Crippen LogP contribution < -0.4 is 5.32 Å². The highest BCUT2D eigenvalue weighted by Gasteiger charge is 2.33. The number of hydrogen-bond donors (Lipinski definition) is 2. The van der Waals surface area contributed by atoms with Gasteiger partial charge in [-0.2, -0.15) is 18.4 Å². The lowest BCUT2D eigenvalue weighted by molar-refractivity contribution is -0.137. The average Bonchev–Trinajstić information content (AvgIpc) is 2.34. The Balaban J connectivity index is 2.94. The minimum Gasteiger partial charge on any atom is -0.391 e. The molecule has 3 nitrogen and oxygen atoms in total. The van der Waals surface area contributed by atoms with E-state index in [4.69, 9.17) is 5.26 Å². The van der Waals surface area contributed by atoms with Crippen molar-refractivity contribution >= 4 is 5.69 Å². The van der Waals surface area contributed by atoms with Crippen LogP contribution in [0.3, 0.4) is 0 Å². The number of alkyl halides is 3. The van der Waals surface area contributed by atoms with Crippen molar-refractivity contribution in [1.82, 2.24) is 0 Å². The monoisotopic (exact) mass is 258 g/mol. The highest BCUT2D eigenvalue weighted by molar-refractivity contribution is 5.53. The third-order valence-corrected chi connectivity index (χ3v) is 2.46. The molecule has 0 fully saturated rings. The summed E-state index contributed by atoms with van der Waals surface area (Å²) in [5.41, 5.74) is -1.15. The molecule has 6 heteroatoms. The van der Waals surface area contributed by atoms with E-state index in [0.29, 0.717) is 6.42 Å². The van der Waals surface area contributed by atoms with Crippen LogP contribution in [0, 0.1) is 11.3 Å². The molecule has 18 heavy (non-hydrogen) atoms. The molecule has 0 aliphatic carbocycles. The first-order valence-electron chi connectivity index (χ1n) is 5.41. The molecule has 2 N–H and O–H groups in total. The van der Waals surface area contributed by atoms with Gasteiger partial charge in [-0.15, -0.1) is 0 Å². The van der Waals surface area contributed by atoms with Crippen LogP contribution in [-0.2, 0) is 6.18 Å². The molecule has 1 rings (SSSR count). The van der Waals surface area contributed by atoms with Gasteiger partial charge in [0.1, 0.15) is 0 Å². The molecule has 98 valence electrons. The molecule has 0 saturated heterocycles. The Morgan fingerprint density at radius 1 is 1.44 bits per heavy atom. The molecule has 0 saturated carbocycles. The van der Waals surface area contributed by atoms with E-state index in [0.717, 1.165) is 12.1 Å². The van der Waals surface area contributed by atoms with Gasteiger partial charge in [-0.05, 0) is 24.6 Å². The second-order valence-electron chi connectivity index (χ2n) is 3.81. The van der Waals surface area contributed by atoms with Gasteiger partial charge >= 0.3 is 6.18 Å². The largest absolute Gasteiger partial charge is 0.417 e. The Bertz CT molecular complexity index is 452. The van der Waals surface area contributed by atoms with E-state index in [9.17, 15) is 18.3 Å². The average molecular weight is 258 g/mol. The Hall–Kier alpha value is -1.74. The lowest BCUT2D eigenvalue weighted by Gasteiger charge is -2.14. The van der Waals surface area contributed by atoms with Gasteiger partial charge in [0.15, 0.2) is 0 Å². The topological polar surface area (TPSA) is 56.0 Å². The fourth-order valence-corrected chi connectivity index (χ4v) is 1.37. The molecule has 0 amide bonds. The second-order valence-corrected chi connectivity index (χ2v) is 3.81. The number of aliphatic hydroxyl groups excluding tert-OH is 1.